The minimum absolute atomic E-state index is 0.0700. The Morgan fingerprint density at radius 3 is 2.67 bits per heavy atom. The lowest BCUT2D eigenvalue weighted by atomic mass is 10.1. The second kappa shape index (κ2) is 8.01. The number of nitrogens with zero attached hydrogens (tertiary/aromatic N) is 1. The van der Waals surface area contributed by atoms with Gasteiger partial charge in [-0.2, -0.15) is 0 Å². The maximum absolute atomic E-state index is 12.7. The van der Waals surface area contributed by atoms with E-state index in [0.29, 0.717) is 23.7 Å². The molecule has 1 atom stereocenters. The molecule has 1 saturated heterocycles. The van der Waals surface area contributed by atoms with E-state index in [1.54, 1.807) is 30.2 Å². The van der Waals surface area contributed by atoms with Gasteiger partial charge in [-0.1, -0.05) is 23.7 Å². The molecule has 0 spiro atoms. The molecule has 27 heavy (non-hydrogen) atoms. The summed E-state index contributed by atoms with van der Waals surface area (Å²) in [5.41, 5.74) is 3.98. The van der Waals surface area contributed by atoms with E-state index in [1.807, 2.05) is 32.0 Å². The van der Waals surface area contributed by atoms with Crippen LogP contribution in [-0.4, -0.2) is 31.5 Å². The molecule has 3 rings (SSSR count). The van der Waals surface area contributed by atoms with E-state index >= 15 is 0 Å². The monoisotopic (exact) mass is 386 g/mol. The van der Waals surface area contributed by atoms with E-state index in [-0.39, 0.29) is 18.2 Å². The lowest BCUT2D eigenvalue weighted by Gasteiger charge is -2.18. The van der Waals surface area contributed by atoms with Crippen LogP contribution in [0.1, 0.15) is 23.1 Å². The third kappa shape index (κ3) is 4.25. The summed E-state index contributed by atoms with van der Waals surface area (Å²) in [5.74, 6) is 0.298. The SMILES string of the molecule is COc1ccc(CC(=O)NC2CCN(c3ccc(C)c(C)c3)C2=O)cc1Cl. The van der Waals surface area contributed by atoms with E-state index in [4.69, 9.17) is 16.3 Å². The zero-order chi connectivity index (χ0) is 19.6. The number of anilines is 1. The first-order chi connectivity index (χ1) is 12.9. The van der Waals surface area contributed by atoms with Crippen LogP contribution in [-0.2, 0) is 16.0 Å². The Morgan fingerprint density at radius 1 is 1.22 bits per heavy atom. The molecule has 5 nitrogen and oxygen atoms in total. The normalized spacial score (nSPS) is 16.5. The molecule has 0 radical (unpaired) electrons. The first-order valence-corrected chi connectivity index (χ1v) is 9.27. The van der Waals surface area contributed by atoms with Crippen LogP contribution in [0, 0.1) is 13.8 Å². The Bertz CT molecular complexity index is 882. The summed E-state index contributed by atoms with van der Waals surface area (Å²) in [6.07, 6.45) is 0.762. The fourth-order valence-electron chi connectivity index (χ4n) is 3.21. The highest BCUT2D eigenvalue weighted by Crippen LogP contribution is 2.26. The van der Waals surface area contributed by atoms with E-state index < -0.39 is 6.04 Å². The molecule has 0 aliphatic carbocycles. The Morgan fingerprint density at radius 2 is 2.00 bits per heavy atom. The molecular weight excluding hydrogens is 364 g/mol. The van der Waals surface area contributed by atoms with Crippen molar-refractivity contribution in [2.45, 2.75) is 32.7 Å². The number of amides is 2. The van der Waals surface area contributed by atoms with Gasteiger partial charge >= 0.3 is 0 Å². The van der Waals surface area contributed by atoms with Crippen LogP contribution in [0.25, 0.3) is 0 Å². The average Bonchev–Trinajstić information content (AvgIpc) is 2.98. The van der Waals surface area contributed by atoms with Crippen LogP contribution in [0.2, 0.25) is 5.02 Å². The number of hydrogen-bond acceptors (Lipinski definition) is 3. The van der Waals surface area contributed by atoms with Gasteiger partial charge in [0.2, 0.25) is 11.8 Å². The molecule has 1 aliphatic rings. The van der Waals surface area contributed by atoms with Crippen molar-refractivity contribution in [2.24, 2.45) is 0 Å². The van der Waals surface area contributed by atoms with Gasteiger partial charge in [-0.15, -0.1) is 0 Å². The minimum atomic E-state index is -0.493. The number of benzene rings is 2. The van der Waals surface area contributed by atoms with Gasteiger partial charge in [-0.3, -0.25) is 9.59 Å². The number of rotatable bonds is 5. The molecule has 0 aromatic heterocycles. The standard InChI is InChI=1S/C21H23ClN2O3/c1-13-4-6-16(10-14(13)2)24-9-8-18(21(24)26)23-20(25)12-15-5-7-19(27-3)17(22)11-15/h4-7,10-11,18H,8-9,12H2,1-3H3,(H,23,25). The molecule has 0 bridgehead atoms. The van der Waals surface area contributed by atoms with Gasteiger partial charge in [0, 0.05) is 12.2 Å². The quantitative estimate of drug-likeness (QED) is 0.856. The summed E-state index contributed by atoms with van der Waals surface area (Å²) in [4.78, 5) is 26.8. The van der Waals surface area contributed by atoms with E-state index in [1.165, 1.54) is 5.56 Å². The van der Waals surface area contributed by atoms with Crippen molar-refractivity contribution in [3.05, 3.63) is 58.1 Å². The fourth-order valence-corrected chi connectivity index (χ4v) is 3.49. The molecule has 1 fully saturated rings. The van der Waals surface area contributed by atoms with Crippen molar-refractivity contribution in [3.63, 3.8) is 0 Å². The highest BCUT2D eigenvalue weighted by molar-refractivity contribution is 6.32. The Kier molecular flexibility index (Phi) is 5.71. The van der Waals surface area contributed by atoms with E-state index in [9.17, 15) is 9.59 Å². The van der Waals surface area contributed by atoms with Crippen molar-refractivity contribution in [1.29, 1.82) is 0 Å². The third-order valence-corrected chi connectivity index (χ3v) is 5.22. The van der Waals surface area contributed by atoms with Crippen LogP contribution >= 0.6 is 11.6 Å². The zero-order valence-corrected chi connectivity index (χ0v) is 16.5. The summed E-state index contributed by atoms with van der Waals surface area (Å²) in [7, 11) is 1.54. The lowest BCUT2D eigenvalue weighted by Crippen LogP contribution is -2.42. The average molecular weight is 387 g/mol. The van der Waals surface area contributed by atoms with Crippen LogP contribution in [0.3, 0.4) is 0 Å². The second-order valence-corrected chi connectivity index (χ2v) is 7.22. The second-order valence-electron chi connectivity index (χ2n) is 6.81. The van der Waals surface area contributed by atoms with Gasteiger partial charge in [0.15, 0.2) is 0 Å². The maximum atomic E-state index is 12.7. The summed E-state index contributed by atoms with van der Waals surface area (Å²) < 4.78 is 5.11. The number of carbonyl (C=O) groups excluding carboxylic acids is 2. The minimum Gasteiger partial charge on any atom is -0.495 e. The number of hydrogen-bond donors (Lipinski definition) is 1. The van der Waals surface area contributed by atoms with Crippen LogP contribution in [0.4, 0.5) is 5.69 Å². The molecule has 1 heterocycles. The van der Waals surface area contributed by atoms with Gasteiger partial charge in [0.25, 0.3) is 0 Å². The number of halogens is 1. The van der Waals surface area contributed by atoms with Gasteiger partial charge in [0.05, 0.1) is 18.6 Å². The molecule has 2 aromatic rings. The van der Waals surface area contributed by atoms with Crippen LogP contribution in [0.5, 0.6) is 5.75 Å². The molecule has 1 N–H and O–H groups in total. The van der Waals surface area contributed by atoms with Gasteiger partial charge in [-0.05, 0) is 61.2 Å². The topological polar surface area (TPSA) is 58.6 Å². The maximum Gasteiger partial charge on any atom is 0.249 e. The molecular formula is C21H23ClN2O3. The summed E-state index contributed by atoms with van der Waals surface area (Å²) in [6, 6.07) is 10.7. The van der Waals surface area contributed by atoms with Gasteiger partial charge in [0.1, 0.15) is 11.8 Å². The fraction of sp³-hybridized carbons (Fsp3) is 0.333. The third-order valence-electron chi connectivity index (χ3n) is 4.92. The highest BCUT2D eigenvalue weighted by Gasteiger charge is 2.33. The van der Waals surface area contributed by atoms with Gasteiger partial charge < -0.3 is 15.0 Å². The molecule has 0 saturated carbocycles. The van der Waals surface area contributed by atoms with Crippen molar-refractivity contribution in [2.75, 3.05) is 18.6 Å². The Hall–Kier alpha value is -2.53. The predicted molar refractivity (Wildman–Crippen MR) is 107 cm³/mol. The molecule has 2 amide bonds. The number of nitrogens with one attached hydrogen (secondary N) is 1. The number of ether oxygens (including phenoxy) is 1. The van der Waals surface area contributed by atoms with Crippen molar-refractivity contribution in [1.82, 2.24) is 5.32 Å². The molecule has 1 unspecified atom stereocenters. The van der Waals surface area contributed by atoms with E-state index in [0.717, 1.165) is 16.8 Å². The van der Waals surface area contributed by atoms with Crippen molar-refractivity contribution in [3.8, 4) is 5.75 Å². The molecule has 142 valence electrons. The summed E-state index contributed by atoms with van der Waals surface area (Å²) in [5, 5.41) is 3.31. The summed E-state index contributed by atoms with van der Waals surface area (Å²) >= 11 is 6.10. The van der Waals surface area contributed by atoms with Crippen molar-refractivity contribution < 1.29 is 14.3 Å². The van der Waals surface area contributed by atoms with Crippen LogP contribution < -0.4 is 15.0 Å². The molecule has 1 aliphatic heterocycles. The van der Waals surface area contributed by atoms with Crippen LogP contribution in [0.15, 0.2) is 36.4 Å². The summed E-state index contributed by atoms with van der Waals surface area (Å²) in [6.45, 7) is 4.67. The Labute approximate surface area is 164 Å². The number of carbonyl (C=O) groups is 2. The smallest absolute Gasteiger partial charge is 0.249 e. The first-order valence-electron chi connectivity index (χ1n) is 8.89. The number of aryl methyl sites for hydroxylation is 2. The lowest BCUT2D eigenvalue weighted by molar-refractivity contribution is -0.126. The van der Waals surface area contributed by atoms with Gasteiger partial charge in [-0.25, -0.2) is 0 Å². The largest absolute Gasteiger partial charge is 0.495 e. The molecule has 6 heteroatoms. The van der Waals surface area contributed by atoms with Crippen molar-refractivity contribution >= 4 is 29.1 Å². The number of methoxy groups -OCH3 is 1. The van der Waals surface area contributed by atoms with E-state index in [2.05, 4.69) is 5.32 Å². The Balaban J connectivity index is 1.62. The highest BCUT2D eigenvalue weighted by atomic mass is 35.5. The first kappa shape index (κ1) is 19.2. The zero-order valence-electron chi connectivity index (χ0n) is 15.7. The molecule has 2 aromatic carbocycles. The predicted octanol–water partition coefficient (Wildman–Crippen LogP) is 3.43.